The molecule has 0 heterocycles. The van der Waals surface area contributed by atoms with E-state index in [0.717, 1.165) is 11.3 Å². The number of aryl methyl sites for hydroxylation is 2. The lowest BCUT2D eigenvalue weighted by Gasteiger charge is -2.39. The lowest BCUT2D eigenvalue weighted by atomic mass is 9.63. The Bertz CT molecular complexity index is 522. The van der Waals surface area contributed by atoms with Crippen LogP contribution in [0.25, 0.3) is 0 Å². The van der Waals surface area contributed by atoms with Gasteiger partial charge in [0.25, 0.3) is 0 Å². The molecule has 1 amide bonds. The predicted molar refractivity (Wildman–Crippen MR) is 71.0 cm³/mol. The van der Waals surface area contributed by atoms with Gasteiger partial charge in [-0.25, -0.2) is 0 Å². The Morgan fingerprint density at radius 1 is 1.39 bits per heavy atom. The van der Waals surface area contributed by atoms with Gasteiger partial charge >= 0.3 is 0 Å². The molecule has 0 radical (unpaired) electrons. The van der Waals surface area contributed by atoms with Crippen LogP contribution in [0.15, 0.2) is 18.2 Å². The average molecular weight is 242 g/mol. The molecule has 1 N–H and O–H groups in total. The summed E-state index contributed by atoms with van der Waals surface area (Å²) in [6.07, 6.45) is 1.33. The summed E-state index contributed by atoms with van der Waals surface area (Å²) in [7, 11) is 0. The molecule has 1 aromatic rings. The van der Waals surface area contributed by atoms with Gasteiger partial charge in [-0.05, 0) is 55.9 Å². The van der Waals surface area contributed by atoms with Crippen LogP contribution in [0.2, 0.25) is 0 Å². The number of carbonyl (C=O) groups excluding carboxylic acids is 1. The minimum atomic E-state index is -0.807. The van der Waals surface area contributed by atoms with Gasteiger partial charge in [0.2, 0.25) is 5.91 Å². The minimum Gasteiger partial charge on any atom is -0.325 e. The van der Waals surface area contributed by atoms with Crippen LogP contribution in [0, 0.1) is 36.5 Å². The molecule has 0 bridgehead atoms. The summed E-state index contributed by atoms with van der Waals surface area (Å²) in [4.78, 5) is 12.2. The molecular formula is C15H18N2O. The first-order chi connectivity index (χ1) is 8.47. The quantitative estimate of drug-likeness (QED) is 0.866. The zero-order chi connectivity index (χ0) is 13.3. The maximum Gasteiger partial charge on any atom is 0.244 e. The minimum absolute atomic E-state index is 0.161. The van der Waals surface area contributed by atoms with Crippen LogP contribution in [-0.4, -0.2) is 5.91 Å². The van der Waals surface area contributed by atoms with Crippen LogP contribution in [0.1, 0.15) is 30.9 Å². The highest BCUT2D eigenvalue weighted by molar-refractivity contribution is 5.98. The monoisotopic (exact) mass is 242 g/mol. The highest BCUT2D eigenvalue weighted by atomic mass is 16.2. The van der Waals surface area contributed by atoms with E-state index in [-0.39, 0.29) is 5.91 Å². The Morgan fingerprint density at radius 3 is 2.56 bits per heavy atom. The van der Waals surface area contributed by atoms with Crippen LogP contribution in [0.3, 0.4) is 0 Å². The van der Waals surface area contributed by atoms with Gasteiger partial charge < -0.3 is 5.32 Å². The van der Waals surface area contributed by atoms with Crippen molar-refractivity contribution in [2.45, 2.75) is 33.6 Å². The number of rotatable bonds is 2. The van der Waals surface area contributed by atoms with Crippen molar-refractivity contribution in [1.82, 2.24) is 0 Å². The van der Waals surface area contributed by atoms with E-state index in [4.69, 9.17) is 0 Å². The molecule has 0 aliphatic heterocycles. The second-order valence-electron chi connectivity index (χ2n) is 5.46. The van der Waals surface area contributed by atoms with Crippen LogP contribution in [-0.2, 0) is 4.79 Å². The van der Waals surface area contributed by atoms with Gasteiger partial charge in [-0.1, -0.05) is 13.0 Å². The van der Waals surface area contributed by atoms with Crippen LogP contribution < -0.4 is 5.32 Å². The molecule has 1 aliphatic rings. The second-order valence-corrected chi connectivity index (χ2v) is 5.46. The fourth-order valence-electron chi connectivity index (χ4n) is 2.53. The fraction of sp³-hybridized carbons (Fsp3) is 0.467. The zero-order valence-electron chi connectivity index (χ0n) is 11.1. The summed E-state index contributed by atoms with van der Waals surface area (Å²) in [6, 6.07) is 7.99. The van der Waals surface area contributed by atoms with E-state index in [9.17, 15) is 10.1 Å². The molecule has 0 saturated heterocycles. The van der Waals surface area contributed by atoms with Crippen molar-refractivity contribution in [1.29, 1.82) is 5.26 Å². The first-order valence-corrected chi connectivity index (χ1v) is 6.27. The van der Waals surface area contributed by atoms with Gasteiger partial charge in [-0.3, -0.25) is 4.79 Å². The second kappa shape index (κ2) is 4.45. The van der Waals surface area contributed by atoms with Crippen LogP contribution in [0.5, 0.6) is 0 Å². The van der Waals surface area contributed by atoms with Crippen molar-refractivity contribution in [2.24, 2.45) is 11.3 Å². The van der Waals surface area contributed by atoms with Crippen LogP contribution >= 0.6 is 0 Å². The van der Waals surface area contributed by atoms with Crippen molar-refractivity contribution in [3.8, 4) is 6.07 Å². The molecule has 0 aromatic heterocycles. The molecule has 2 rings (SSSR count). The average Bonchev–Trinajstić information content (AvgIpc) is 2.29. The highest BCUT2D eigenvalue weighted by Gasteiger charge is 2.48. The van der Waals surface area contributed by atoms with Gasteiger partial charge in [-0.2, -0.15) is 5.26 Å². The summed E-state index contributed by atoms with van der Waals surface area (Å²) in [6.45, 7) is 6.11. The molecule has 1 fully saturated rings. The normalized spacial score (nSPS) is 26.0. The Kier molecular flexibility index (Phi) is 3.13. The van der Waals surface area contributed by atoms with E-state index >= 15 is 0 Å². The summed E-state index contributed by atoms with van der Waals surface area (Å²) in [5.41, 5.74) is 2.30. The Labute approximate surface area is 108 Å². The van der Waals surface area contributed by atoms with Crippen molar-refractivity contribution in [2.75, 3.05) is 5.32 Å². The fourth-order valence-corrected chi connectivity index (χ4v) is 2.53. The molecule has 1 aliphatic carbocycles. The summed E-state index contributed by atoms with van der Waals surface area (Å²) < 4.78 is 0. The first kappa shape index (κ1) is 12.6. The number of carbonyl (C=O) groups is 1. The van der Waals surface area contributed by atoms with Crippen molar-refractivity contribution >= 4 is 11.6 Å². The lowest BCUT2D eigenvalue weighted by Crippen LogP contribution is -2.45. The Morgan fingerprint density at radius 2 is 2.06 bits per heavy atom. The maximum absolute atomic E-state index is 12.2. The number of hydrogen-bond donors (Lipinski definition) is 1. The maximum atomic E-state index is 12.2. The smallest absolute Gasteiger partial charge is 0.244 e. The lowest BCUT2D eigenvalue weighted by molar-refractivity contribution is -0.128. The van der Waals surface area contributed by atoms with Gasteiger partial charge in [0, 0.05) is 5.69 Å². The molecule has 94 valence electrons. The number of hydrogen-bond acceptors (Lipinski definition) is 2. The third-order valence-electron chi connectivity index (χ3n) is 3.81. The zero-order valence-corrected chi connectivity index (χ0v) is 11.1. The molecule has 3 nitrogen and oxygen atoms in total. The SMILES string of the molecule is Cc1ccc(NC(=O)C2(C#N)CC(C)C2)cc1C. The number of amides is 1. The molecule has 3 heteroatoms. The number of anilines is 1. The van der Waals surface area contributed by atoms with E-state index in [1.165, 1.54) is 5.56 Å². The molecule has 0 spiro atoms. The Hall–Kier alpha value is -1.82. The highest BCUT2D eigenvalue weighted by Crippen LogP contribution is 2.45. The van der Waals surface area contributed by atoms with E-state index in [2.05, 4.69) is 18.3 Å². The molecule has 18 heavy (non-hydrogen) atoms. The van der Waals surface area contributed by atoms with Crippen LogP contribution in [0.4, 0.5) is 5.69 Å². The van der Waals surface area contributed by atoms with Crippen molar-refractivity contribution in [3.63, 3.8) is 0 Å². The molecule has 0 unspecified atom stereocenters. The summed E-state index contributed by atoms with van der Waals surface area (Å²) in [5.74, 6) is 0.307. The molecule has 1 aromatic carbocycles. The van der Waals surface area contributed by atoms with E-state index in [1.54, 1.807) is 0 Å². The number of nitrogens with zero attached hydrogens (tertiary/aromatic N) is 1. The first-order valence-electron chi connectivity index (χ1n) is 6.27. The topological polar surface area (TPSA) is 52.9 Å². The molecule has 0 atom stereocenters. The summed E-state index contributed by atoms with van der Waals surface area (Å²) in [5, 5.41) is 12.1. The van der Waals surface area contributed by atoms with Crippen molar-refractivity contribution < 1.29 is 4.79 Å². The molecule has 1 saturated carbocycles. The number of benzene rings is 1. The van der Waals surface area contributed by atoms with Crippen molar-refractivity contribution in [3.05, 3.63) is 29.3 Å². The molecular weight excluding hydrogens is 224 g/mol. The van der Waals surface area contributed by atoms with Gasteiger partial charge in [0.05, 0.1) is 6.07 Å². The van der Waals surface area contributed by atoms with E-state index in [0.29, 0.717) is 18.8 Å². The van der Waals surface area contributed by atoms with Gasteiger partial charge in [-0.15, -0.1) is 0 Å². The van der Waals surface area contributed by atoms with E-state index < -0.39 is 5.41 Å². The third kappa shape index (κ3) is 2.11. The number of nitriles is 1. The van der Waals surface area contributed by atoms with Gasteiger partial charge in [0.1, 0.15) is 5.41 Å². The largest absolute Gasteiger partial charge is 0.325 e. The van der Waals surface area contributed by atoms with Gasteiger partial charge in [0.15, 0.2) is 0 Å². The number of nitrogens with one attached hydrogen (secondary N) is 1. The summed E-state index contributed by atoms with van der Waals surface area (Å²) >= 11 is 0. The third-order valence-corrected chi connectivity index (χ3v) is 3.81. The van der Waals surface area contributed by atoms with E-state index in [1.807, 2.05) is 32.0 Å². The predicted octanol–water partition coefficient (Wildman–Crippen LogP) is 3.18. The standard InChI is InChI=1S/C15H18N2O/c1-10-7-15(8-10,9-16)14(18)17-13-5-4-11(2)12(3)6-13/h4-6,10H,7-8H2,1-3H3,(H,17,18). The Balaban J connectivity index is 2.12.